The Morgan fingerprint density at radius 3 is 1.69 bits per heavy atom. The second-order valence-electron chi connectivity index (χ2n) is 13.4. The number of carboxylic acids is 1. The Balaban J connectivity index is 3.81. The fraction of sp³-hybridized carbons (Fsp3) is 0.800. The fourth-order valence-corrected chi connectivity index (χ4v) is 5.61. The van der Waals surface area contributed by atoms with Gasteiger partial charge in [0, 0.05) is 12.8 Å². The predicted octanol–water partition coefficient (Wildman–Crippen LogP) is 8.87. The molecule has 0 fully saturated rings. The van der Waals surface area contributed by atoms with E-state index in [-0.39, 0.29) is 30.9 Å². The van der Waals surface area contributed by atoms with Crippen molar-refractivity contribution in [2.24, 2.45) is 0 Å². The van der Waals surface area contributed by atoms with E-state index in [0.717, 1.165) is 57.8 Å². The van der Waals surface area contributed by atoms with Crippen molar-refractivity contribution in [3.63, 3.8) is 0 Å². The largest absolute Gasteiger partial charge is 0.480 e. The van der Waals surface area contributed by atoms with Crippen molar-refractivity contribution in [3.8, 4) is 0 Å². The number of unbranched alkanes of at least 4 members (excludes halogenated alkanes) is 17. The number of hydrogen-bond acceptors (Lipinski definition) is 6. The van der Waals surface area contributed by atoms with Crippen molar-refractivity contribution < 1.29 is 34.1 Å². The molecule has 0 heterocycles. The number of rotatable bonds is 35. The van der Waals surface area contributed by atoms with Crippen LogP contribution in [0.25, 0.3) is 0 Å². The van der Waals surface area contributed by atoms with Gasteiger partial charge >= 0.3 is 11.9 Å². The molecule has 0 rings (SSSR count). The van der Waals surface area contributed by atoms with Crippen molar-refractivity contribution in [1.29, 1.82) is 0 Å². The van der Waals surface area contributed by atoms with Crippen LogP contribution in [0.15, 0.2) is 24.3 Å². The van der Waals surface area contributed by atoms with Crippen LogP contribution in [-0.2, 0) is 23.9 Å². The number of carbonyl (C=O) groups is 4. The molecular formula is C40H72N2O7. The Bertz CT molecular complexity index is 890. The van der Waals surface area contributed by atoms with Gasteiger partial charge in [-0.1, -0.05) is 128 Å². The van der Waals surface area contributed by atoms with E-state index in [1.54, 1.807) is 0 Å². The molecule has 0 aliphatic carbocycles. The Kier molecular flexibility index (Phi) is 33.2. The normalized spacial score (nSPS) is 12.7. The number of aliphatic carboxylic acids is 1. The average Bonchev–Trinajstić information content (AvgIpc) is 3.08. The van der Waals surface area contributed by atoms with Gasteiger partial charge in [-0.15, -0.1) is 0 Å². The molecule has 2 atom stereocenters. The summed E-state index contributed by atoms with van der Waals surface area (Å²) >= 11 is 0. The summed E-state index contributed by atoms with van der Waals surface area (Å²) in [6.45, 7) is 3.32. The van der Waals surface area contributed by atoms with Gasteiger partial charge in [0.25, 0.3) is 0 Å². The number of ether oxygens (including phenoxy) is 1. The Morgan fingerprint density at radius 1 is 0.612 bits per heavy atom. The summed E-state index contributed by atoms with van der Waals surface area (Å²) < 4.78 is 5.82. The Hall–Kier alpha value is -2.68. The average molecular weight is 693 g/mol. The highest BCUT2D eigenvalue weighted by atomic mass is 16.5. The zero-order chi connectivity index (χ0) is 36.2. The van der Waals surface area contributed by atoms with Crippen LogP contribution in [0, 0.1) is 0 Å². The van der Waals surface area contributed by atoms with Crippen molar-refractivity contribution in [2.45, 2.75) is 193 Å². The Morgan fingerprint density at radius 2 is 1.12 bits per heavy atom. The lowest BCUT2D eigenvalue weighted by Crippen LogP contribution is -2.47. The highest BCUT2D eigenvalue weighted by Gasteiger charge is 2.19. The van der Waals surface area contributed by atoms with Crippen molar-refractivity contribution in [2.75, 3.05) is 13.2 Å². The van der Waals surface area contributed by atoms with E-state index in [9.17, 15) is 19.2 Å². The van der Waals surface area contributed by atoms with Crippen LogP contribution < -0.4 is 10.6 Å². The van der Waals surface area contributed by atoms with Crippen LogP contribution in [0.5, 0.6) is 0 Å². The minimum absolute atomic E-state index is 0.0825. The van der Waals surface area contributed by atoms with E-state index in [2.05, 4.69) is 48.8 Å². The highest BCUT2D eigenvalue weighted by molar-refractivity contribution is 5.87. The maximum absolute atomic E-state index is 12.5. The monoisotopic (exact) mass is 693 g/mol. The molecule has 49 heavy (non-hydrogen) atoms. The maximum atomic E-state index is 12.5. The minimum atomic E-state index is -1.39. The van der Waals surface area contributed by atoms with Crippen LogP contribution >= 0.6 is 0 Å². The number of carbonyl (C=O) groups excluding carboxylic acids is 3. The highest BCUT2D eigenvalue weighted by Crippen LogP contribution is 2.17. The number of nitrogens with one attached hydrogen (secondary N) is 2. The van der Waals surface area contributed by atoms with Gasteiger partial charge < -0.3 is 25.6 Å². The lowest BCUT2D eigenvalue weighted by atomic mass is 10.0. The summed E-state index contributed by atoms with van der Waals surface area (Å²) in [4.78, 5) is 47.1. The molecule has 9 nitrogen and oxygen atoms in total. The van der Waals surface area contributed by atoms with Gasteiger partial charge in [0.15, 0.2) is 0 Å². The zero-order valence-corrected chi connectivity index (χ0v) is 31.2. The van der Waals surface area contributed by atoms with Gasteiger partial charge in [0.2, 0.25) is 11.8 Å². The van der Waals surface area contributed by atoms with E-state index >= 15 is 0 Å². The summed E-state index contributed by atoms with van der Waals surface area (Å²) in [6, 6.07) is -1.39. The van der Waals surface area contributed by atoms with Gasteiger partial charge in [-0.2, -0.15) is 0 Å². The first-order valence-corrected chi connectivity index (χ1v) is 19.7. The zero-order valence-electron chi connectivity index (χ0n) is 31.2. The van der Waals surface area contributed by atoms with E-state index in [0.29, 0.717) is 12.8 Å². The second kappa shape index (κ2) is 35.2. The number of allylic oxidation sites excluding steroid dienone is 4. The minimum Gasteiger partial charge on any atom is -0.480 e. The first kappa shape index (κ1) is 46.3. The summed E-state index contributed by atoms with van der Waals surface area (Å²) in [6.07, 6.45) is 37.0. The van der Waals surface area contributed by atoms with Crippen molar-refractivity contribution in [3.05, 3.63) is 24.3 Å². The smallest absolute Gasteiger partial charge is 0.328 e. The summed E-state index contributed by atoms with van der Waals surface area (Å²) in [5, 5.41) is 22.4. The lowest BCUT2D eigenvalue weighted by Gasteiger charge is -2.18. The van der Waals surface area contributed by atoms with Gasteiger partial charge in [0.05, 0.1) is 13.2 Å². The predicted molar refractivity (Wildman–Crippen MR) is 199 cm³/mol. The van der Waals surface area contributed by atoms with Crippen LogP contribution in [0.2, 0.25) is 0 Å². The summed E-state index contributed by atoms with van der Waals surface area (Å²) in [7, 11) is 0. The molecule has 4 N–H and O–H groups in total. The van der Waals surface area contributed by atoms with Gasteiger partial charge in [-0.05, 0) is 64.2 Å². The van der Waals surface area contributed by atoms with Crippen LogP contribution in [0.4, 0.5) is 0 Å². The van der Waals surface area contributed by atoms with Crippen LogP contribution in [-0.4, -0.2) is 59.3 Å². The van der Waals surface area contributed by atoms with E-state index in [1.165, 1.54) is 89.9 Å². The first-order valence-electron chi connectivity index (χ1n) is 19.7. The second-order valence-corrected chi connectivity index (χ2v) is 13.4. The topological polar surface area (TPSA) is 142 Å². The number of aliphatic hydroxyl groups is 1. The Labute approximate surface area is 298 Å². The molecule has 284 valence electrons. The molecule has 0 saturated heterocycles. The standard InChI is InChI=1S/C40H72N2O7/c1-3-5-7-8-9-10-11-12-13-14-15-16-17-18-19-20-21-22-23-24-28-32-39(46)49-35(29-6-4-2)30-26-25-27-31-37(44)41-33-38(45)42-36(34-43)40(47)48/h11-12,14-15,35-36,43H,3-10,13,16-34H2,1-2H3,(H,41,44)(H,42,45)(H,47,48)/b12-11-,15-14-. The van der Waals surface area contributed by atoms with Gasteiger partial charge in [-0.25, -0.2) is 4.79 Å². The molecular weight excluding hydrogens is 620 g/mol. The molecule has 0 aromatic rings. The molecule has 0 aliphatic heterocycles. The number of hydrogen-bond donors (Lipinski definition) is 4. The third-order valence-electron chi connectivity index (χ3n) is 8.70. The van der Waals surface area contributed by atoms with Crippen LogP contribution in [0.3, 0.4) is 0 Å². The van der Waals surface area contributed by atoms with Gasteiger partial charge in [-0.3, -0.25) is 14.4 Å². The molecule has 0 aromatic heterocycles. The third-order valence-corrected chi connectivity index (χ3v) is 8.70. The third kappa shape index (κ3) is 32.3. The molecule has 2 amide bonds. The number of amides is 2. The molecule has 0 spiro atoms. The summed E-state index contributed by atoms with van der Waals surface area (Å²) in [5.74, 6) is -2.40. The van der Waals surface area contributed by atoms with Crippen LogP contribution in [0.1, 0.15) is 181 Å². The number of carboxylic acid groups (broad SMARTS) is 1. The number of esters is 1. The molecule has 0 saturated carbocycles. The van der Waals surface area contributed by atoms with E-state index in [4.69, 9.17) is 14.9 Å². The fourth-order valence-electron chi connectivity index (χ4n) is 5.61. The SMILES string of the molecule is CCCCCCC/C=C\C/C=C\CCCCCCCCCCCC(=O)OC(CCCC)CCCCCC(=O)NCC(=O)NC(CO)C(=O)O. The molecule has 0 radical (unpaired) electrons. The summed E-state index contributed by atoms with van der Waals surface area (Å²) in [5.41, 5.74) is 0. The number of aliphatic hydroxyl groups excluding tert-OH is 1. The lowest BCUT2D eigenvalue weighted by molar-refractivity contribution is -0.150. The quantitative estimate of drug-likeness (QED) is 0.0295. The maximum Gasteiger partial charge on any atom is 0.328 e. The molecule has 0 bridgehead atoms. The van der Waals surface area contributed by atoms with Crippen molar-refractivity contribution >= 4 is 23.8 Å². The van der Waals surface area contributed by atoms with E-state index < -0.39 is 24.5 Å². The molecule has 2 unspecified atom stereocenters. The van der Waals surface area contributed by atoms with Crippen molar-refractivity contribution in [1.82, 2.24) is 10.6 Å². The van der Waals surface area contributed by atoms with Gasteiger partial charge in [0.1, 0.15) is 12.1 Å². The molecule has 0 aromatic carbocycles. The first-order chi connectivity index (χ1) is 23.8. The molecule has 0 aliphatic rings. The van der Waals surface area contributed by atoms with E-state index in [1.807, 2.05) is 0 Å². The molecule has 9 heteroatoms.